The molecule has 2 aliphatic heterocycles. The second-order valence-electron chi connectivity index (χ2n) is 9.63. The van der Waals surface area contributed by atoms with E-state index in [-0.39, 0.29) is 31.2 Å². The molecular weight excluding hydrogens is 448 g/mol. The van der Waals surface area contributed by atoms with Crippen LogP contribution in [0.5, 0.6) is 17.2 Å². The molecule has 35 heavy (non-hydrogen) atoms. The van der Waals surface area contributed by atoms with Crippen molar-refractivity contribution in [3.8, 4) is 17.2 Å². The third kappa shape index (κ3) is 4.93. The minimum absolute atomic E-state index is 0.0501. The van der Waals surface area contributed by atoms with E-state index in [4.69, 9.17) is 14.2 Å². The second kappa shape index (κ2) is 10.2. The van der Waals surface area contributed by atoms with Gasteiger partial charge in [0.05, 0.1) is 19.6 Å². The number of amides is 1. The molecule has 8 nitrogen and oxygen atoms in total. The van der Waals surface area contributed by atoms with Gasteiger partial charge < -0.3 is 24.6 Å². The fraction of sp³-hybridized carbons (Fsp3) is 0.481. The van der Waals surface area contributed by atoms with Crippen LogP contribution in [-0.2, 0) is 9.59 Å². The Morgan fingerprint density at radius 2 is 1.74 bits per heavy atom. The maximum atomic E-state index is 13.1. The molecule has 3 aliphatic rings. The average Bonchev–Trinajstić information content (AvgIpc) is 3.49. The Labute approximate surface area is 205 Å². The number of nitrogens with zero attached hydrogens (tertiary/aromatic N) is 1. The maximum absolute atomic E-state index is 13.1. The fourth-order valence-electron chi connectivity index (χ4n) is 5.78. The van der Waals surface area contributed by atoms with Gasteiger partial charge in [-0.05, 0) is 48.2 Å². The number of likely N-dealkylation sites (tertiary alicyclic amines) is 1. The van der Waals surface area contributed by atoms with E-state index in [1.807, 2.05) is 47.4 Å². The van der Waals surface area contributed by atoms with Crippen molar-refractivity contribution in [2.24, 2.45) is 5.92 Å². The van der Waals surface area contributed by atoms with Crippen LogP contribution in [0.15, 0.2) is 42.5 Å². The standard InChI is InChI=1S/C27H32N2O6/c1-33-20-10-7-17(8-11-20)26-25(27(31)32)21(18-9-12-22-23(13-18)35-16-34-22)14-29(26)15-24(30)28-19-5-3-2-4-6-19/h7-13,19,21,25-26H,2-6,14-16H2,1H3,(H,28,30)(H,31,32)/t21-,25-,26+/m0/s1. The molecule has 2 N–H and O–H groups in total. The summed E-state index contributed by atoms with van der Waals surface area (Å²) in [5.41, 5.74) is 1.72. The Bertz CT molecular complexity index is 1070. The average molecular weight is 481 g/mol. The van der Waals surface area contributed by atoms with E-state index in [1.165, 1.54) is 6.42 Å². The number of carboxylic acid groups (broad SMARTS) is 1. The van der Waals surface area contributed by atoms with Gasteiger partial charge in [0.25, 0.3) is 0 Å². The molecule has 2 fully saturated rings. The Hall–Kier alpha value is -3.26. The number of benzene rings is 2. The van der Waals surface area contributed by atoms with Crippen LogP contribution in [0.2, 0.25) is 0 Å². The van der Waals surface area contributed by atoms with Gasteiger partial charge in [0.1, 0.15) is 5.75 Å². The van der Waals surface area contributed by atoms with Crippen molar-refractivity contribution in [1.82, 2.24) is 10.2 Å². The highest BCUT2D eigenvalue weighted by atomic mass is 16.7. The molecule has 0 aromatic heterocycles. The van der Waals surface area contributed by atoms with Gasteiger partial charge in [0.2, 0.25) is 12.7 Å². The molecule has 1 saturated carbocycles. The number of hydrogen-bond donors (Lipinski definition) is 2. The number of methoxy groups -OCH3 is 1. The highest BCUT2D eigenvalue weighted by molar-refractivity contribution is 5.79. The molecule has 8 heteroatoms. The molecule has 2 aromatic rings. The lowest BCUT2D eigenvalue weighted by atomic mass is 9.82. The molecule has 1 aliphatic carbocycles. The van der Waals surface area contributed by atoms with Crippen molar-refractivity contribution >= 4 is 11.9 Å². The Kier molecular flexibility index (Phi) is 6.81. The van der Waals surface area contributed by atoms with Crippen LogP contribution in [0.25, 0.3) is 0 Å². The predicted molar refractivity (Wildman–Crippen MR) is 129 cm³/mol. The van der Waals surface area contributed by atoms with Crippen molar-refractivity contribution in [1.29, 1.82) is 0 Å². The molecule has 2 aromatic carbocycles. The van der Waals surface area contributed by atoms with Crippen LogP contribution >= 0.6 is 0 Å². The zero-order valence-electron chi connectivity index (χ0n) is 19.9. The lowest BCUT2D eigenvalue weighted by Gasteiger charge is -2.28. The van der Waals surface area contributed by atoms with Gasteiger partial charge in [0.15, 0.2) is 11.5 Å². The van der Waals surface area contributed by atoms with Crippen molar-refractivity contribution in [3.63, 3.8) is 0 Å². The van der Waals surface area contributed by atoms with E-state index in [0.29, 0.717) is 23.8 Å². The first-order chi connectivity index (χ1) is 17.0. The number of carboxylic acids is 1. The third-order valence-electron chi connectivity index (χ3n) is 7.48. The van der Waals surface area contributed by atoms with Crippen molar-refractivity contribution < 1.29 is 28.9 Å². The normalized spacial score (nSPS) is 24.3. The van der Waals surface area contributed by atoms with Gasteiger partial charge in [-0.3, -0.25) is 14.5 Å². The van der Waals surface area contributed by atoms with Gasteiger partial charge in [0, 0.05) is 24.5 Å². The van der Waals surface area contributed by atoms with Gasteiger partial charge in [-0.2, -0.15) is 0 Å². The number of carbonyl (C=O) groups is 2. The first-order valence-electron chi connectivity index (χ1n) is 12.3. The molecule has 0 bridgehead atoms. The summed E-state index contributed by atoms with van der Waals surface area (Å²) in [6, 6.07) is 12.8. The molecule has 1 saturated heterocycles. The van der Waals surface area contributed by atoms with E-state index >= 15 is 0 Å². The van der Waals surface area contributed by atoms with Crippen molar-refractivity contribution in [3.05, 3.63) is 53.6 Å². The molecule has 186 valence electrons. The largest absolute Gasteiger partial charge is 0.497 e. The summed E-state index contributed by atoms with van der Waals surface area (Å²) >= 11 is 0. The van der Waals surface area contributed by atoms with Crippen LogP contribution in [0.4, 0.5) is 0 Å². The predicted octanol–water partition coefficient (Wildman–Crippen LogP) is 3.71. The molecule has 5 rings (SSSR count). The number of hydrogen-bond acceptors (Lipinski definition) is 6. The third-order valence-corrected chi connectivity index (χ3v) is 7.48. The Morgan fingerprint density at radius 3 is 2.46 bits per heavy atom. The van der Waals surface area contributed by atoms with E-state index in [9.17, 15) is 14.7 Å². The smallest absolute Gasteiger partial charge is 0.309 e. The summed E-state index contributed by atoms with van der Waals surface area (Å²) in [4.78, 5) is 27.7. The van der Waals surface area contributed by atoms with Crippen LogP contribution in [0, 0.1) is 5.92 Å². The molecule has 2 heterocycles. The van der Waals surface area contributed by atoms with E-state index in [1.54, 1.807) is 7.11 Å². The monoisotopic (exact) mass is 480 g/mol. The molecule has 0 radical (unpaired) electrons. The summed E-state index contributed by atoms with van der Waals surface area (Å²) in [7, 11) is 1.60. The van der Waals surface area contributed by atoms with Crippen LogP contribution in [-0.4, -0.2) is 54.9 Å². The summed E-state index contributed by atoms with van der Waals surface area (Å²) in [6.45, 7) is 0.761. The number of carbonyl (C=O) groups excluding carboxylic acids is 1. The van der Waals surface area contributed by atoms with Gasteiger partial charge in [-0.15, -0.1) is 0 Å². The van der Waals surface area contributed by atoms with E-state index < -0.39 is 17.9 Å². The highest BCUT2D eigenvalue weighted by Gasteiger charge is 2.48. The van der Waals surface area contributed by atoms with Crippen LogP contribution in [0.1, 0.15) is 55.2 Å². The van der Waals surface area contributed by atoms with E-state index in [2.05, 4.69) is 5.32 Å². The SMILES string of the molecule is COc1ccc([C@@H]2[C@@H](C(=O)O)[C@H](c3ccc4c(c3)OCO4)CN2CC(=O)NC2CCCCC2)cc1. The minimum Gasteiger partial charge on any atom is -0.497 e. The van der Waals surface area contributed by atoms with Crippen molar-refractivity contribution in [2.45, 2.75) is 50.1 Å². The topological polar surface area (TPSA) is 97.3 Å². The molecule has 3 atom stereocenters. The number of rotatable bonds is 7. The number of nitrogens with one attached hydrogen (secondary N) is 1. The lowest BCUT2D eigenvalue weighted by Crippen LogP contribution is -2.43. The zero-order valence-corrected chi connectivity index (χ0v) is 19.9. The molecule has 0 unspecified atom stereocenters. The summed E-state index contributed by atoms with van der Waals surface area (Å²) in [5, 5.41) is 13.6. The second-order valence-corrected chi connectivity index (χ2v) is 9.63. The number of fused-ring (bicyclic) bond motifs is 1. The molecule has 1 amide bonds. The minimum atomic E-state index is -0.885. The Morgan fingerprint density at radius 1 is 1.03 bits per heavy atom. The summed E-state index contributed by atoms with van der Waals surface area (Å²) in [5.74, 6) is 0.0140. The van der Waals surface area contributed by atoms with Crippen molar-refractivity contribution in [2.75, 3.05) is 27.0 Å². The fourth-order valence-corrected chi connectivity index (χ4v) is 5.78. The molecular formula is C27H32N2O6. The van der Waals surface area contributed by atoms with Gasteiger partial charge in [-0.25, -0.2) is 0 Å². The lowest BCUT2D eigenvalue weighted by molar-refractivity contribution is -0.143. The summed E-state index contributed by atoms with van der Waals surface area (Å²) < 4.78 is 16.3. The Balaban J connectivity index is 1.44. The summed E-state index contributed by atoms with van der Waals surface area (Å²) in [6.07, 6.45) is 5.50. The van der Waals surface area contributed by atoms with Crippen LogP contribution in [0.3, 0.4) is 0 Å². The van der Waals surface area contributed by atoms with Crippen LogP contribution < -0.4 is 19.5 Å². The highest BCUT2D eigenvalue weighted by Crippen LogP contribution is 2.47. The van der Waals surface area contributed by atoms with E-state index in [0.717, 1.165) is 36.8 Å². The van der Waals surface area contributed by atoms with Gasteiger partial charge >= 0.3 is 5.97 Å². The first kappa shape index (κ1) is 23.5. The zero-order chi connectivity index (χ0) is 24.4. The maximum Gasteiger partial charge on any atom is 0.309 e. The molecule has 0 spiro atoms. The van der Waals surface area contributed by atoms with Gasteiger partial charge in [-0.1, -0.05) is 37.5 Å². The first-order valence-corrected chi connectivity index (χ1v) is 12.3. The quantitative estimate of drug-likeness (QED) is 0.623. The number of ether oxygens (including phenoxy) is 3. The number of aliphatic carboxylic acids is 1.